The van der Waals surface area contributed by atoms with Crippen molar-refractivity contribution < 1.29 is 10.2 Å². The number of allylic oxidation sites excluding steroid dienone is 1. The molecule has 2 heteroatoms. The molecule has 166 valence electrons. The normalized spacial score (nSPS) is 46.5. The molecule has 0 aromatic rings. The molecule has 2 N–H and O–H groups in total. The summed E-state index contributed by atoms with van der Waals surface area (Å²) in [5.74, 6) is 3.53. The first-order valence-corrected chi connectivity index (χ1v) is 12.7. The molecule has 0 aliphatic heterocycles. The molecule has 4 rings (SSSR count). The quantitative estimate of drug-likeness (QED) is 0.515. The summed E-state index contributed by atoms with van der Waals surface area (Å²) in [6.07, 6.45) is 15.2. The van der Waals surface area contributed by atoms with E-state index in [9.17, 15) is 10.2 Å². The SMILES string of the molecule is CC(C)CCC[C@](C)(O)[C@H]1CCC2C3CC=C4CC(O)CC[C@]4(C)C3CC[C@@]21C. The van der Waals surface area contributed by atoms with Crippen LogP contribution in [0.5, 0.6) is 0 Å². The summed E-state index contributed by atoms with van der Waals surface area (Å²) >= 11 is 0. The third-order valence-electron chi connectivity index (χ3n) is 10.3. The van der Waals surface area contributed by atoms with Crippen molar-refractivity contribution in [3.8, 4) is 0 Å². The highest BCUT2D eigenvalue weighted by atomic mass is 16.3. The van der Waals surface area contributed by atoms with E-state index in [1.54, 1.807) is 5.57 Å². The molecule has 0 heterocycles. The highest BCUT2D eigenvalue weighted by Crippen LogP contribution is 2.67. The number of hydrogen-bond acceptors (Lipinski definition) is 2. The van der Waals surface area contributed by atoms with Crippen LogP contribution in [0.25, 0.3) is 0 Å². The lowest BCUT2D eigenvalue weighted by Gasteiger charge is -2.59. The summed E-state index contributed by atoms with van der Waals surface area (Å²) in [5, 5.41) is 21.8. The summed E-state index contributed by atoms with van der Waals surface area (Å²) < 4.78 is 0. The van der Waals surface area contributed by atoms with Crippen molar-refractivity contribution in [3.05, 3.63) is 11.6 Å². The van der Waals surface area contributed by atoms with Gasteiger partial charge in [-0.15, -0.1) is 0 Å². The Balaban J connectivity index is 1.53. The molecule has 2 nitrogen and oxygen atoms in total. The van der Waals surface area contributed by atoms with Gasteiger partial charge in [0, 0.05) is 0 Å². The Hall–Kier alpha value is -0.340. The van der Waals surface area contributed by atoms with Crippen LogP contribution in [0.2, 0.25) is 0 Å². The fraction of sp³-hybridized carbons (Fsp3) is 0.926. The molecule has 4 aliphatic rings. The fourth-order valence-electron chi connectivity index (χ4n) is 8.71. The average Bonchev–Trinajstić information content (AvgIpc) is 3.00. The molecule has 29 heavy (non-hydrogen) atoms. The van der Waals surface area contributed by atoms with Crippen molar-refractivity contribution >= 4 is 0 Å². The van der Waals surface area contributed by atoms with E-state index >= 15 is 0 Å². The Labute approximate surface area is 179 Å². The Morgan fingerprint density at radius 1 is 1.10 bits per heavy atom. The topological polar surface area (TPSA) is 40.5 Å². The van der Waals surface area contributed by atoms with Crippen LogP contribution in [0.15, 0.2) is 11.6 Å². The van der Waals surface area contributed by atoms with Crippen LogP contribution >= 0.6 is 0 Å². The van der Waals surface area contributed by atoms with Crippen LogP contribution in [0.4, 0.5) is 0 Å². The summed E-state index contributed by atoms with van der Waals surface area (Å²) in [4.78, 5) is 0. The zero-order valence-corrected chi connectivity index (χ0v) is 19.7. The molecule has 4 aliphatic carbocycles. The van der Waals surface area contributed by atoms with Crippen LogP contribution in [0.1, 0.15) is 105 Å². The van der Waals surface area contributed by atoms with Crippen molar-refractivity contribution in [2.24, 2.45) is 40.4 Å². The van der Waals surface area contributed by atoms with E-state index in [2.05, 4.69) is 40.7 Å². The fourth-order valence-corrected chi connectivity index (χ4v) is 8.71. The van der Waals surface area contributed by atoms with E-state index in [-0.39, 0.29) is 6.10 Å². The van der Waals surface area contributed by atoms with Gasteiger partial charge in [0.05, 0.1) is 11.7 Å². The third-order valence-corrected chi connectivity index (χ3v) is 10.3. The van der Waals surface area contributed by atoms with Gasteiger partial charge in [-0.2, -0.15) is 0 Å². The third kappa shape index (κ3) is 3.65. The van der Waals surface area contributed by atoms with E-state index in [0.29, 0.717) is 16.7 Å². The smallest absolute Gasteiger partial charge is 0.0653 e. The molecule has 0 bridgehead atoms. The standard InChI is InChI=1S/C27H46O2/c1-18(2)7-6-14-27(5,29)24-11-10-22-21-9-8-19-17-20(28)12-15-25(19,3)23(21)13-16-26(22,24)4/h8,18,20-24,28-29H,6-7,9-17H2,1-5H3/t20?,21?,22?,23?,24-,25-,26-,27-/m0/s1. The molecule has 0 spiro atoms. The van der Waals surface area contributed by atoms with Crippen LogP contribution in [-0.4, -0.2) is 21.9 Å². The zero-order valence-electron chi connectivity index (χ0n) is 19.7. The summed E-state index contributed by atoms with van der Waals surface area (Å²) in [5.41, 5.74) is 1.68. The van der Waals surface area contributed by atoms with Crippen LogP contribution in [-0.2, 0) is 0 Å². The summed E-state index contributed by atoms with van der Waals surface area (Å²) in [6, 6.07) is 0. The molecule has 0 radical (unpaired) electrons. The average molecular weight is 403 g/mol. The van der Waals surface area contributed by atoms with Crippen molar-refractivity contribution in [3.63, 3.8) is 0 Å². The predicted octanol–water partition coefficient (Wildman–Crippen LogP) is 6.50. The maximum absolute atomic E-state index is 11.6. The maximum atomic E-state index is 11.6. The highest BCUT2D eigenvalue weighted by Gasteiger charge is 2.61. The maximum Gasteiger partial charge on any atom is 0.0653 e. The number of aliphatic hydroxyl groups is 2. The second kappa shape index (κ2) is 7.66. The van der Waals surface area contributed by atoms with E-state index < -0.39 is 5.60 Å². The van der Waals surface area contributed by atoms with Gasteiger partial charge in [-0.3, -0.25) is 0 Å². The van der Waals surface area contributed by atoms with Crippen molar-refractivity contribution in [2.45, 2.75) is 117 Å². The number of hydrogen-bond donors (Lipinski definition) is 2. The van der Waals surface area contributed by atoms with Crippen LogP contribution in [0.3, 0.4) is 0 Å². The second-order valence-electron chi connectivity index (χ2n) is 12.5. The Kier molecular flexibility index (Phi) is 5.78. The molecule has 3 fully saturated rings. The Bertz CT molecular complexity index is 634. The van der Waals surface area contributed by atoms with Gasteiger partial charge in [0.2, 0.25) is 0 Å². The van der Waals surface area contributed by atoms with Gasteiger partial charge in [-0.05, 0) is 105 Å². The van der Waals surface area contributed by atoms with E-state index in [1.807, 2.05) is 0 Å². The van der Waals surface area contributed by atoms with Gasteiger partial charge in [0.15, 0.2) is 0 Å². The minimum absolute atomic E-state index is 0.114. The lowest BCUT2D eigenvalue weighted by atomic mass is 9.46. The molecule has 0 saturated heterocycles. The molecule has 0 aromatic heterocycles. The van der Waals surface area contributed by atoms with Crippen molar-refractivity contribution in [1.29, 1.82) is 0 Å². The molecule has 4 unspecified atom stereocenters. The molecule has 3 saturated carbocycles. The Morgan fingerprint density at radius 2 is 1.86 bits per heavy atom. The van der Waals surface area contributed by atoms with Gasteiger partial charge >= 0.3 is 0 Å². The van der Waals surface area contributed by atoms with E-state index in [1.165, 1.54) is 44.9 Å². The van der Waals surface area contributed by atoms with Crippen molar-refractivity contribution in [2.75, 3.05) is 0 Å². The highest BCUT2D eigenvalue weighted by molar-refractivity contribution is 5.25. The monoisotopic (exact) mass is 402 g/mol. The van der Waals surface area contributed by atoms with Gasteiger partial charge in [0.1, 0.15) is 0 Å². The molecule has 0 amide bonds. The number of aliphatic hydroxyl groups excluding tert-OH is 1. The zero-order chi connectivity index (χ0) is 21.0. The first-order valence-electron chi connectivity index (χ1n) is 12.7. The molecular weight excluding hydrogens is 356 g/mol. The first-order chi connectivity index (χ1) is 13.6. The van der Waals surface area contributed by atoms with Crippen molar-refractivity contribution in [1.82, 2.24) is 0 Å². The largest absolute Gasteiger partial charge is 0.393 e. The number of rotatable bonds is 5. The Morgan fingerprint density at radius 3 is 2.59 bits per heavy atom. The van der Waals surface area contributed by atoms with Gasteiger partial charge < -0.3 is 10.2 Å². The van der Waals surface area contributed by atoms with Gasteiger partial charge in [-0.1, -0.05) is 52.2 Å². The first kappa shape index (κ1) is 21.9. The van der Waals surface area contributed by atoms with Crippen LogP contribution in [0, 0.1) is 40.4 Å². The van der Waals surface area contributed by atoms with Gasteiger partial charge in [0.25, 0.3) is 0 Å². The van der Waals surface area contributed by atoms with E-state index in [4.69, 9.17) is 0 Å². The van der Waals surface area contributed by atoms with E-state index in [0.717, 1.165) is 49.4 Å². The predicted molar refractivity (Wildman–Crippen MR) is 121 cm³/mol. The minimum Gasteiger partial charge on any atom is -0.393 e. The lowest BCUT2D eigenvalue weighted by Crippen LogP contribution is -2.53. The number of fused-ring (bicyclic) bond motifs is 5. The lowest BCUT2D eigenvalue weighted by molar-refractivity contribution is -0.105. The molecular formula is C27H46O2. The van der Waals surface area contributed by atoms with Gasteiger partial charge in [-0.25, -0.2) is 0 Å². The van der Waals surface area contributed by atoms with Crippen LogP contribution < -0.4 is 0 Å². The minimum atomic E-state index is -0.514. The summed E-state index contributed by atoms with van der Waals surface area (Å²) in [7, 11) is 0. The second-order valence-corrected chi connectivity index (χ2v) is 12.5. The molecule has 0 aromatic carbocycles. The summed E-state index contributed by atoms with van der Waals surface area (Å²) in [6.45, 7) is 11.8. The molecule has 8 atom stereocenters.